The number of carboxylic acid groups (broad SMARTS) is 1. The summed E-state index contributed by atoms with van der Waals surface area (Å²) >= 11 is 0. The van der Waals surface area contributed by atoms with Gasteiger partial charge in [0.1, 0.15) is 5.75 Å². The summed E-state index contributed by atoms with van der Waals surface area (Å²) in [4.78, 5) is 9.93. The molecule has 0 aliphatic heterocycles. The summed E-state index contributed by atoms with van der Waals surface area (Å²) in [5.74, 6) is -1.52. The van der Waals surface area contributed by atoms with Crippen molar-refractivity contribution in [1.29, 1.82) is 0 Å². The van der Waals surface area contributed by atoms with Crippen LogP contribution in [0.1, 0.15) is 31.2 Å². The Hall–Kier alpha value is -3.20. The van der Waals surface area contributed by atoms with Gasteiger partial charge in [0.15, 0.2) is 0 Å². The van der Waals surface area contributed by atoms with Gasteiger partial charge in [-0.25, -0.2) is 13.2 Å². The number of methoxy groups -OCH3 is 1. The quantitative estimate of drug-likeness (QED) is 0.396. The molecule has 0 amide bonds. The first-order chi connectivity index (χ1) is 17.3. The fourth-order valence-electron chi connectivity index (χ4n) is 4.94. The van der Waals surface area contributed by atoms with Crippen molar-refractivity contribution >= 4 is 15.8 Å². The maximum Gasteiger partial charge on any atom is 0.340 e. The van der Waals surface area contributed by atoms with Crippen LogP contribution in [-0.2, 0) is 21.2 Å². The zero-order valence-corrected chi connectivity index (χ0v) is 21.1. The summed E-state index contributed by atoms with van der Waals surface area (Å²) in [7, 11) is -2.78. The van der Waals surface area contributed by atoms with Gasteiger partial charge < -0.3 is 20.9 Å². The van der Waals surface area contributed by atoms with E-state index in [4.69, 9.17) is 10.5 Å². The Kier molecular flexibility index (Phi) is 7.78. The third kappa shape index (κ3) is 5.16. The highest BCUT2D eigenvalue weighted by Gasteiger charge is 2.55. The molecule has 0 aromatic heterocycles. The molecule has 0 saturated heterocycles. The Labute approximate surface area is 212 Å². The predicted octanol–water partition coefficient (Wildman–Crippen LogP) is 4.22. The first-order valence-electron chi connectivity index (χ1n) is 12.0. The van der Waals surface area contributed by atoms with E-state index < -0.39 is 26.6 Å². The number of nitrogens with one attached hydrogen (secondary N) is 1. The first kappa shape index (κ1) is 25.9. The summed E-state index contributed by atoms with van der Waals surface area (Å²) in [6.45, 7) is 0.627. The van der Waals surface area contributed by atoms with Crippen LogP contribution in [0, 0.1) is 5.92 Å². The maximum absolute atomic E-state index is 13.7. The van der Waals surface area contributed by atoms with Gasteiger partial charge in [-0.15, -0.1) is 0 Å². The molecule has 0 spiro atoms. The number of carbonyl (C=O) groups is 1. The third-order valence-electron chi connectivity index (χ3n) is 7.09. The number of nitrogens with two attached hydrogens (primary N) is 1. The summed E-state index contributed by atoms with van der Waals surface area (Å²) in [6.07, 6.45) is 2.36. The van der Waals surface area contributed by atoms with Crippen LogP contribution in [0.3, 0.4) is 0 Å². The molecule has 0 bridgehead atoms. The minimum atomic E-state index is -4.37. The van der Waals surface area contributed by atoms with E-state index in [2.05, 4.69) is 5.32 Å². The van der Waals surface area contributed by atoms with Gasteiger partial charge in [-0.1, -0.05) is 61.0 Å². The number of hydrogen-bond acceptors (Lipinski definition) is 6. The lowest BCUT2D eigenvalue weighted by molar-refractivity contribution is -0.142. The molecular weight excluding hydrogens is 476 g/mol. The van der Waals surface area contributed by atoms with E-state index in [0.29, 0.717) is 25.8 Å². The Balaban J connectivity index is 1.54. The second-order valence-corrected chi connectivity index (χ2v) is 11.4. The van der Waals surface area contributed by atoms with E-state index in [1.165, 1.54) is 12.1 Å². The largest absolute Gasteiger partial charge is 0.497 e. The number of aliphatic carboxylic acids is 1. The first-order valence-corrected chi connectivity index (χ1v) is 13.5. The van der Waals surface area contributed by atoms with Crippen molar-refractivity contribution in [3.8, 4) is 16.9 Å². The van der Waals surface area contributed by atoms with Crippen LogP contribution >= 0.6 is 0 Å². The zero-order chi connectivity index (χ0) is 25.8. The van der Waals surface area contributed by atoms with Crippen LogP contribution < -0.4 is 15.8 Å². The number of ether oxygens (including phenoxy) is 1. The van der Waals surface area contributed by atoms with Crippen molar-refractivity contribution in [2.45, 2.75) is 48.0 Å². The SMILES string of the molecule is COc1ccc(-c2ccc(S(=O)(=O)C(N)(C(=O)O)C3CCCC(NCc4ccccc4)C3)cc2)cc1. The van der Waals surface area contributed by atoms with E-state index in [9.17, 15) is 18.3 Å². The Morgan fingerprint density at radius 1 is 1.00 bits per heavy atom. The van der Waals surface area contributed by atoms with Crippen LogP contribution in [0.25, 0.3) is 11.1 Å². The number of benzene rings is 3. The monoisotopic (exact) mass is 508 g/mol. The lowest BCUT2D eigenvalue weighted by atomic mass is 9.81. The Morgan fingerprint density at radius 3 is 2.19 bits per heavy atom. The number of rotatable bonds is 9. The van der Waals surface area contributed by atoms with Crippen molar-refractivity contribution in [2.75, 3.05) is 7.11 Å². The van der Waals surface area contributed by atoms with Gasteiger partial charge in [0.05, 0.1) is 12.0 Å². The fourth-order valence-corrected chi connectivity index (χ4v) is 6.70. The van der Waals surface area contributed by atoms with Crippen LogP contribution in [0.4, 0.5) is 0 Å². The molecule has 3 aromatic rings. The second kappa shape index (κ2) is 10.8. The molecule has 0 radical (unpaired) electrons. The smallest absolute Gasteiger partial charge is 0.340 e. The van der Waals surface area contributed by atoms with Crippen molar-refractivity contribution in [2.24, 2.45) is 11.7 Å². The molecule has 4 N–H and O–H groups in total. The van der Waals surface area contributed by atoms with Crippen molar-refractivity contribution in [3.05, 3.63) is 84.4 Å². The molecule has 190 valence electrons. The van der Waals surface area contributed by atoms with Crippen molar-refractivity contribution < 1.29 is 23.1 Å². The molecule has 36 heavy (non-hydrogen) atoms. The minimum absolute atomic E-state index is 0.0149. The average Bonchev–Trinajstić information content (AvgIpc) is 2.92. The molecule has 3 atom stereocenters. The Bertz CT molecular complexity index is 1280. The lowest BCUT2D eigenvalue weighted by Crippen LogP contribution is -2.61. The molecule has 7 nitrogen and oxygen atoms in total. The normalized spacial score (nSPS) is 19.8. The van der Waals surface area contributed by atoms with Crippen LogP contribution in [0.15, 0.2) is 83.8 Å². The summed E-state index contributed by atoms with van der Waals surface area (Å²) < 4.78 is 32.5. The molecule has 3 unspecified atom stereocenters. The van der Waals surface area contributed by atoms with E-state index in [0.717, 1.165) is 28.9 Å². The van der Waals surface area contributed by atoms with Crippen molar-refractivity contribution in [3.63, 3.8) is 0 Å². The highest BCUT2D eigenvalue weighted by Crippen LogP contribution is 2.38. The molecule has 4 rings (SSSR count). The van der Waals surface area contributed by atoms with Gasteiger partial charge in [0.25, 0.3) is 0 Å². The molecule has 1 aliphatic carbocycles. The molecule has 0 heterocycles. The number of sulfone groups is 1. The van der Waals surface area contributed by atoms with E-state index >= 15 is 0 Å². The van der Waals surface area contributed by atoms with Gasteiger partial charge in [-0.05, 0) is 60.2 Å². The van der Waals surface area contributed by atoms with Crippen molar-refractivity contribution in [1.82, 2.24) is 5.32 Å². The predicted molar refractivity (Wildman–Crippen MR) is 139 cm³/mol. The maximum atomic E-state index is 13.7. The molecule has 8 heteroatoms. The molecule has 1 aliphatic rings. The van der Waals surface area contributed by atoms with Crippen LogP contribution in [0.2, 0.25) is 0 Å². The molecular formula is C28H32N2O5S. The van der Waals surface area contributed by atoms with Gasteiger partial charge in [0.2, 0.25) is 14.7 Å². The summed E-state index contributed by atoms with van der Waals surface area (Å²) in [5.41, 5.74) is 9.15. The molecule has 1 saturated carbocycles. The summed E-state index contributed by atoms with van der Waals surface area (Å²) in [5, 5.41) is 13.6. The Morgan fingerprint density at radius 2 is 1.61 bits per heavy atom. The molecule has 3 aromatic carbocycles. The number of carboxylic acids is 1. The van der Waals surface area contributed by atoms with Crippen LogP contribution in [-0.4, -0.2) is 37.5 Å². The standard InChI is InChI=1S/C28H32N2O5S/c1-35-25-14-10-21(11-15-25)22-12-16-26(17-13-22)36(33,34)28(29,27(31)32)23-8-5-9-24(18-23)30-19-20-6-3-2-4-7-20/h2-4,6-7,10-17,23-24,30H,5,8-9,18-19,29H2,1H3,(H,31,32). The van der Waals surface area contributed by atoms with E-state index in [-0.39, 0.29) is 10.9 Å². The number of hydrogen-bond donors (Lipinski definition) is 3. The summed E-state index contributed by atoms with van der Waals surface area (Å²) in [6, 6.07) is 23.5. The zero-order valence-electron chi connectivity index (χ0n) is 20.3. The van der Waals surface area contributed by atoms with Gasteiger partial charge in [-0.3, -0.25) is 0 Å². The average molecular weight is 509 g/mol. The fraction of sp³-hybridized carbons (Fsp3) is 0.321. The topological polar surface area (TPSA) is 119 Å². The van der Waals surface area contributed by atoms with Crippen LogP contribution in [0.5, 0.6) is 5.75 Å². The highest BCUT2D eigenvalue weighted by molar-refractivity contribution is 7.93. The highest BCUT2D eigenvalue weighted by atomic mass is 32.2. The second-order valence-electron chi connectivity index (χ2n) is 9.28. The molecule has 1 fully saturated rings. The van der Waals surface area contributed by atoms with Gasteiger partial charge in [-0.2, -0.15) is 0 Å². The van der Waals surface area contributed by atoms with Gasteiger partial charge in [0, 0.05) is 18.5 Å². The van der Waals surface area contributed by atoms with Gasteiger partial charge >= 0.3 is 5.97 Å². The van der Waals surface area contributed by atoms with E-state index in [1.807, 2.05) is 54.6 Å². The minimum Gasteiger partial charge on any atom is -0.497 e. The third-order valence-corrected chi connectivity index (χ3v) is 9.38. The lowest BCUT2D eigenvalue weighted by Gasteiger charge is -2.38. The van der Waals surface area contributed by atoms with E-state index in [1.54, 1.807) is 19.2 Å².